The lowest BCUT2D eigenvalue weighted by Crippen LogP contribution is -2.34. The number of ether oxygens (including phenoxy) is 2. The van der Waals surface area contributed by atoms with Gasteiger partial charge in [-0.3, -0.25) is 0 Å². The molecule has 0 bridgehead atoms. The predicted octanol–water partition coefficient (Wildman–Crippen LogP) is 2.99. The standard InChI is InChI=1S/C15H31NO2/c1-3-10-16-11-15(13-17-2)18-12-14-8-6-4-5-7-9-14/h14-16H,3-13H2,1-2H3. The zero-order valence-electron chi connectivity index (χ0n) is 12.2. The molecule has 0 aromatic rings. The van der Waals surface area contributed by atoms with Crippen molar-refractivity contribution in [3.63, 3.8) is 0 Å². The SMILES string of the molecule is CCCNCC(COC)OCC1CCCCCC1. The number of hydrogen-bond acceptors (Lipinski definition) is 3. The largest absolute Gasteiger partial charge is 0.382 e. The summed E-state index contributed by atoms with van der Waals surface area (Å²) in [6.07, 6.45) is 9.68. The van der Waals surface area contributed by atoms with Crippen LogP contribution >= 0.6 is 0 Å². The van der Waals surface area contributed by atoms with E-state index < -0.39 is 0 Å². The monoisotopic (exact) mass is 257 g/mol. The predicted molar refractivity (Wildman–Crippen MR) is 76.0 cm³/mol. The van der Waals surface area contributed by atoms with Crippen molar-refractivity contribution in [3.8, 4) is 0 Å². The minimum absolute atomic E-state index is 0.213. The van der Waals surface area contributed by atoms with Crippen LogP contribution in [0.5, 0.6) is 0 Å². The summed E-state index contributed by atoms with van der Waals surface area (Å²) in [5, 5.41) is 3.42. The van der Waals surface area contributed by atoms with E-state index >= 15 is 0 Å². The normalized spacial score (nSPS) is 19.7. The average Bonchev–Trinajstić information content (AvgIpc) is 2.65. The molecule has 0 amide bonds. The second-order valence-electron chi connectivity index (χ2n) is 5.47. The van der Waals surface area contributed by atoms with Crippen molar-refractivity contribution in [3.05, 3.63) is 0 Å². The smallest absolute Gasteiger partial charge is 0.0932 e. The molecule has 0 aromatic heterocycles. The minimum atomic E-state index is 0.213. The molecule has 1 unspecified atom stereocenters. The summed E-state index contributed by atoms with van der Waals surface area (Å²) in [5.74, 6) is 0.776. The molecule has 0 spiro atoms. The molecule has 1 N–H and O–H groups in total. The van der Waals surface area contributed by atoms with Gasteiger partial charge < -0.3 is 14.8 Å². The Labute approximate surface area is 113 Å². The first-order chi connectivity index (χ1) is 8.86. The van der Waals surface area contributed by atoms with E-state index in [9.17, 15) is 0 Å². The highest BCUT2D eigenvalue weighted by Crippen LogP contribution is 2.23. The van der Waals surface area contributed by atoms with Crippen LogP contribution in [0.1, 0.15) is 51.9 Å². The van der Waals surface area contributed by atoms with Crippen LogP contribution in [0, 0.1) is 5.92 Å². The lowest BCUT2D eigenvalue weighted by atomic mass is 10.0. The highest BCUT2D eigenvalue weighted by Gasteiger charge is 2.15. The summed E-state index contributed by atoms with van der Waals surface area (Å²) in [5.41, 5.74) is 0. The van der Waals surface area contributed by atoms with Gasteiger partial charge in [0.05, 0.1) is 12.7 Å². The van der Waals surface area contributed by atoms with Gasteiger partial charge in [-0.1, -0.05) is 32.6 Å². The molecule has 3 nitrogen and oxygen atoms in total. The van der Waals surface area contributed by atoms with Crippen molar-refractivity contribution in [2.75, 3.05) is 33.4 Å². The molecular weight excluding hydrogens is 226 g/mol. The first-order valence-electron chi connectivity index (χ1n) is 7.68. The fraction of sp³-hybridized carbons (Fsp3) is 1.00. The average molecular weight is 257 g/mol. The van der Waals surface area contributed by atoms with E-state index in [0.29, 0.717) is 6.61 Å². The maximum Gasteiger partial charge on any atom is 0.0932 e. The lowest BCUT2D eigenvalue weighted by Gasteiger charge is -2.21. The topological polar surface area (TPSA) is 30.5 Å². The maximum absolute atomic E-state index is 6.04. The number of rotatable bonds is 9. The summed E-state index contributed by atoms with van der Waals surface area (Å²) in [6, 6.07) is 0. The molecule has 1 aliphatic rings. The van der Waals surface area contributed by atoms with Gasteiger partial charge in [-0.15, -0.1) is 0 Å². The molecule has 0 saturated heterocycles. The summed E-state index contributed by atoms with van der Waals surface area (Å²) in [6.45, 7) is 5.78. The van der Waals surface area contributed by atoms with E-state index in [2.05, 4.69) is 12.2 Å². The zero-order chi connectivity index (χ0) is 13.1. The van der Waals surface area contributed by atoms with Crippen molar-refractivity contribution < 1.29 is 9.47 Å². The van der Waals surface area contributed by atoms with Gasteiger partial charge in [0.2, 0.25) is 0 Å². The maximum atomic E-state index is 6.04. The fourth-order valence-electron chi connectivity index (χ4n) is 2.59. The number of nitrogens with one attached hydrogen (secondary N) is 1. The highest BCUT2D eigenvalue weighted by molar-refractivity contribution is 4.67. The summed E-state index contributed by atoms with van der Waals surface area (Å²) < 4.78 is 11.3. The number of hydrogen-bond donors (Lipinski definition) is 1. The van der Waals surface area contributed by atoms with Gasteiger partial charge in [-0.05, 0) is 31.7 Å². The Morgan fingerprint density at radius 1 is 1.17 bits per heavy atom. The summed E-state index contributed by atoms with van der Waals surface area (Å²) in [4.78, 5) is 0. The van der Waals surface area contributed by atoms with Gasteiger partial charge in [0.15, 0.2) is 0 Å². The summed E-state index contributed by atoms with van der Waals surface area (Å²) in [7, 11) is 1.75. The molecule has 18 heavy (non-hydrogen) atoms. The quantitative estimate of drug-likeness (QED) is 0.509. The van der Waals surface area contributed by atoms with Crippen LogP contribution in [0.2, 0.25) is 0 Å². The van der Waals surface area contributed by atoms with Crippen LogP contribution in [0.4, 0.5) is 0 Å². The molecule has 0 radical (unpaired) electrons. The van der Waals surface area contributed by atoms with Crippen molar-refractivity contribution in [2.45, 2.75) is 58.0 Å². The molecule has 1 atom stereocenters. The van der Waals surface area contributed by atoms with Crippen LogP contribution < -0.4 is 5.32 Å². The second kappa shape index (κ2) is 10.8. The first-order valence-corrected chi connectivity index (χ1v) is 7.68. The Bertz CT molecular complexity index is 179. The van der Waals surface area contributed by atoms with Crippen LogP contribution in [-0.4, -0.2) is 39.5 Å². The molecule has 0 aromatic carbocycles. The molecular formula is C15H31NO2. The Hall–Kier alpha value is -0.120. The highest BCUT2D eigenvalue weighted by atomic mass is 16.5. The van der Waals surface area contributed by atoms with E-state index in [4.69, 9.17) is 9.47 Å². The Morgan fingerprint density at radius 3 is 2.50 bits per heavy atom. The van der Waals surface area contributed by atoms with Crippen molar-refractivity contribution >= 4 is 0 Å². The molecule has 1 saturated carbocycles. The molecule has 108 valence electrons. The van der Waals surface area contributed by atoms with Crippen molar-refractivity contribution in [1.29, 1.82) is 0 Å². The van der Waals surface area contributed by atoms with Crippen LogP contribution in [0.3, 0.4) is 0 Å². The van der Waals surface area contributed by atoms with Gasteiger partial charge in [0.1, 0.15) is 0 Å². The Kier molecular flexibility index (Phi) is 9.54. The van der Waals surface area contributed by atoms with Crippen LogP contribution in [0.25, 0.3) is 0 Å². The third-order valence-corrected chi connectivity index (χ3v) is 3.69. The Balaban J connectivity index is 2.17. The third kappa shape index (κ3) is 7.34. The molecule has 1 aliphatic carbocycles. The van der Waals surface area contributed by atoms with Gasteiger partial charge in [0, 0.05) is 20.3 Å². The lowest BCUT2D eigenvalue weighted by molar-refractivity contribution is -0.0178. The fourth-order valence-corrected chi connectivity index (χ4v) is 2.59. The van der Waals surface area contributed by atoms with Gasteiger partial charge in [-0.2, -0.15) is 0 Å². The minimum Gasteiger partial charge on any atom is -0.382 e. The van der Waals surface area contributed by atoms with Crippen LogP contribution in [-0.2, 0) is 9.47 Å². The molecule has 0 heterocycles. The van der Waals surface area contributed by atoms with Crippen molar-refractivity contribution in [1.82, 2.24) is 5.32 Å². The van der Waals surface area contributed by atoms with Crippen LogP contribution in [0.15, 0.2) is 0 Å². The molecule has 1 rings (SSSR count). The zero-order valence-corrected chi connectivity index (χ0v) is 12.2. The summed E-state index contributed by atoms with van der Waals surface area (Å²) >= 11 is 0. The van der Waals surface area contributed by atoms with E-state index in [1.54, 1.807) is 7.11 Å². The first kappa shape index (κ1) is 15.9. The van der Waals surface area contributed by atoms with Gasteiger partial charge in [-0.25, -0.2) is 0 Å². The van der Waals surface area contributed by atoms with Crippen molar-refractivity contribution in [2.24, 2.45) is 5.92 Å². The van der Waals surface area contributed by atoms with E-state index in [1.807, 2.05) is 0 Å². The number of methoxy groups -OCH3 is 1. The molecule has 3 heteroatoms. The van der Waals surface area contributed by atoms with E-state index in [0.717, 1.165) is 25.6 Å². The van der Waals surface area contributed by atoms with E-state index in [-0.39, 0.29) is 6.10 Å². The molecule has 1 fully saturated rings. The second-order valence-corrected chi connectivity index (χ2v) is 5.47. The molecule has 0 aliphatic heterocycles. The third-order valence-electron chi connectivity index (χ3n) is 3.69. The Morgan fingerprint density at radius 2 is 1.89 bits per heavy atom. The van der Waals surface area contributed by atoms with Gasteiger partial charge >= 0.3 is 0 Å². The van der Waals surface area contributed by atoms with E-state index in [1.165, 1.54) is 44.9 Å². The van der Waals surface area contributed by atoms with Gasteiger partial charge in [0.25, 0.3) is 0 Å².